The summed E-state index contributed by atoms with van der Waals surface area (Å²) in [5.74, 6) is -3.70. The SMILES string of the molecule is [2H]OC1([2H])C=C[C@@]2([2H])[C@@H]3N(C([2H])([2H])[2H])CC[C@@]24c2c(c(OC([2H])([2H])[2H])c([2H])c([2H])c2C3([2H])[2H])OC14[2H]. The van der Waals surface area contributed by atoms with Gasteiger partial charge in [0.15, 0.2) is 11.5 Å². The third kappa shape index (κ3) is 1.28. The quantitative estimate of drug-likeness (QED) is 0.840. The molecule has 4 nitrogen and oxygen atoms in total. The topological polar surface area (TPSA) is 41.9 Å². The molecule has 2 unspecified atom stereocenters. The summed E-state index contributed by atoms with van der Waals surface area (Å²) in [4.78, 5) is 0.797. The zero-order valence-corrected chi connectivity index (χ0v) is 11.3. The fourth-order valence-corrected chi connectivity index (χ4v) is 3.96. The molecular formula is C18H21NO3. The number of aliphatic hydroxyl groups is 1. The van der Waals surface area contributed by atoms with Gasteiger partial charge in [-0.15, -0.1) is 0 Å². The Morgan fingerprint density at radius 2 is 2.64 bits per heavy atom. The number of hydrogen-bond acceptors (Lipinski definition) is 4. The van der Waals surface area contributed by atoms with Crippen molar-refractivity contribution in [3.05, 3.63) is 35.4 Å². The van der Waals surface area contributed by atoms with Crippen LogP contribution in [0.25, 0.3) is 0 Å². The van der Waals surface area contributed by atoms with Gasteiger partial charge in [-0.05, 0) is 37.9 Å². The molecule has 1 aromatic rings. The summed E-state index contributed by atoms with van der Waals surface area (Å²) in [7, 11) is -3.14. The van der Waals surface area contributed by atoms with Crippen LogP contribution in [-0.2, 0) is 11.8 Å². The van der Waals surface area contributed by atoms with Gasteiger partial charge in [0.05, 0.1) is 16.6 Å². The zero-order chi connectivity index (χ0) is 27.1. The Morgan fingerprint density at radius 3 is 3.50 bits per heavy atom. The van der Waals surface area contributed by atoms with Crippen molar-refractivity contribution < 1.29 is 32.4 Å². The number of piperidine rings is 1. The number of hydrogen-bond donors (Lipinski definition) is 1. The second kappa shape index (κ2) is 4.06. The Kier molecular flexibility index (Phi) is 0.969. The Labute approximate surface area is 150 Å². The lowest BCUT2D eigenvalue weighted by atomic mass is 9.53. The van der Waals surface area contributed by atoms with E-state index in [1.54, 1.807) is 0 Å². The number of likely N-dealkylation sites (tertiary alicyclic amines) is 1. The van der Waals surface area contributed by atoms with Gasteiger partial charge in [-0.2, -0.15) is 0 Å². The van der Waals surface area contributed by atoms with E-state index < -0.39 is 79.0 Å². The molecule has 4 aliphatic rings. The second-order valence-corrected chi connectivity index (χ2v) is 5.74. The van der Waals surface area contributed by atoms with Crippen LogP contribution in [-0.4, -0.2) is 50.2 Å². The van der Waals surface area contributed by atoms with Crippen LogP contribution in [0.15, 0.2) is 24.2 Å². The molecule has 0 radical (unpaired) electrons. The van der Waals surface area contributed by atoms with Crippen LogP contribution in [0.3, 0.4) is 0 Å². The summed E-state index contributed by atoms with van der Waals surface area (Å²) >= 11 is 0. The molecule has 0 amide bonds. The lowest BCUT2D eigenvalue weighted by Crippen LogP contribution is -2.64. The van der Waals surface area contributed by atoms with Crippen molar-refractivity contribution in [3.63, 3.8) is 0 Å². The van der Waals surface area contributed by atoms with Gasteiger partial charge in [0.1, 0.15) is 12.2 Å². The van der Waals surface area contributed by atoms with Gasteiger partial charge in [0.25, 0.3) is 0 Å². The van der Waals surface area contributed by atoms with Gasteiger partial charge in [-0.25, -0.2) is 0 Å². The molecule has 2 bridgehead atoms. The first-order chi connectivity index (χ1) is 16.2. The van der Waals surface area contributed by atoms with Crippen molar-refractivity contribution >= 4 is 0 Å². The maximum absolute atomic E-state index is 9.52. The van der Waals surface area contributed by atoms with Crippen molar-refractivity contribution in [1.82, 2.24) is 4.90 Å². The van der Waals surface area contributed by atoms with Gasteiger partial charge in [0, 0.05) is 31.1 Å². The molecule has 1 fully saturated rings. The summed E-state index contributed by atoms with van der Waals surface area (Å²) in [6.45, 7) is -3.26. The van der Waals surface area contributed by atoms with Crippen molar-refractivity contribution in [2.45, 2.75) is 36.4 Å². The number of rotatable bonds is 2. The minimum atomic E-state index is -3.14. The van der Waals surface area contributed by atoms with Crippen molar-refractivity contribution in [2.75, 3.05) is 20.6 Å². The first-order valence-electron chi connectivity index (χ1n) is 13.8. The highest BCUT2D eigenvalue weighted by atomic mass is 16.5. The minimum Gasteiger partial charge on any atom is -0.493 e. The third-order valence-electron chi connectivity index (χ3n) is 4.85. The highest BCUT2D eigenvalue weighted by Gasteiger charge is 2.64. The normalized spacial score (nSPS) is 63.7. The number of likely N-dealkylation sites (N-methyl/N-ethyl adjacent to an activating group) is 1. The number of benzene rings is 1. The maximum atomic E-state index is 9.52. The van der Waals surface area contributed by atoms with E-state index in [0.29, 0.717) is 0 Å². The minimum absolute atomic E-state index is 0.308. The molecule has 5 atom stereocenters. The molecular weight excluding hydrogens is 278 g/mol. The average Bonchev–Trinajstić information content (AvgIpc) is 3.00. The van der Waals surface area contributed by atoms with Crippen molar-refractivity contribution in [1.29, 1.82) is 1.43 Å². The van der Waals surface area contributed by atoms with E-state index in [-0.39, 0.29) is 18.5 Å². The standard InChI is InChI=1S/C18H21NO3/c1-19-8-7-18-11-4-5-13(20)17(18)22-16-14(21-2)6-3-10(15(16)18)9-12(11)19/h3-6,11-13,17,20H,7-9H2,1-2H3/t11-,12+,13?,17?,18-/m0/s1/i1D3,2D3,3D,6D,9D2,11D,13D,17D,20D. The monoisotopic (exact) mass is 313 g/mol. The Bertz CT molecular complexity index is 1200. The van der Waals surface area contributed by atoms with Crippen LogP contribution in [0, 0.1) is 5.89 Å². The van der Waals surface area contributed by atoms with Crippen molar-refractivity contribution in [2.24, 2.45) is 5.89 Å². The lowest BCUT2D eigenvalue weighted by molar-refractivity contribution is -0.0453. The maximum Gasteiger partial charge on any atom is 0.211 e. The molecule has 5 rings (SSSR count). The van der Waals surface area contributed by atoms with Crippen molar-refractivity contribution in [3.8, 4) is 11.5 Å². The highest BCUT2D eigenvalue weighted by Crippen LogP contribution is 2.62. The van der Waals surface area contributed by atoms with E-state index in [1.807, 2.05) is 0 Å². The molecule has 22 heavy (non-hydrogen) atoms. The van der Waals surface area contributed by atoms with Gasteiger partial charge < -0.3 is 19.5 Å². The summed E-state index contributed by atoms with van der Waals surface area (Å²) < 4.78 is 127. The van der Waals surface area contributed by atoms with E-state index >= 15 is 0 Å². The summed E-state index contributed by atoms with van der Waals surface area (Å²) in [5.41, 5.74) is -2.94. The fraction of sp³-hybridized carbons (Fsp3) is 0.556. The van der Waals surface area contributed by atoms with Crippen LogP contribution in [0.5, 0.6) is 11.5 Å². The zero-order valence-electron chi connectivity index (χ0n) is 25.3. The molecule has 1 N–H and O–H groups in total. The first-order valence-corrected chi connectivity index (χ1v) is 6.91. The summed E-state index contributed by atoms with van der Waals surface area (Å²) in [6.07, 6.45) is -6.63. The average molecular weight is 313 g/mol. The van der Waals surface area contributed by atoms with E-state index in [0.717, 1.165) is 17.1 Å². The predicted octanol–water partition coefficient (Wildman–Crippen LogP) is 1.50. The van der Waals surface area contributed by atoms with E-state index in [2.05, 4.69) is 5.11 Å². The van der Waals surface area contributed by atoms with E-state index in [4.69, 9.17) is 26.0 Å². The van der Waals surface area contributed by atoms with Crippen LogP contribution in [0.1, 0.15) is 35.4 Å². The third-order valence-corrected chi connectivity index (χ3v) is 4.85. The second-order valence-electron chi connectivity index (χ2n) is 5.74. The molecule has 1 aromatic carbocycles. The largest absolute Gasteiger partial charge is 0.493 e. The molecule has 0 saturated carbocycles. The smallest absolute Gasteiger partial charge is 0.211 e. The van der Waals surface area contributed by atoms with Gasteiger partial charge >= 0.3 is 0 Å². The Hall–Kier alpha value is -1.52. The van der Waals surface area contributed by atoms with Crippen LogP contribution in [0.4, 0.5) is 0 Å². The van der Waals surface area contributed by atoms with Gasteiger partial charge in [-0.1, -0.05) is 18.2 Å². The lowest BCUT2D eigenvalue weighted by Gasteiger charge is -2.56. The molecule has 2 heterocycles. The molecule has 2 aliphatic heterocycles. The molecule has 116 valence electrons. The van der Waals surface area contributed by atoms with E-state index in [1.165, 1.54) is 0 Å². The van der Waals surface area contributed by atoms with Crippen LogP contribution in [0.2, 0.25) is 0 Å². The van der Waals surface area contributed by atoms with Crippen LogP contribution < -0.4 is 9.47 Å². The number of ether oxygens (including phenoxy) is 2. The van der Waals surface area contributed by atoms with E-state index in [9.17, 15) is 2.74 Å². The summed E-state index contributed by atoms with van der Waals surface area (Å²) in [5, 5.41) is 4.59. The molecule has 2 aliphatic carbocycles. The predicted molar refractivity (Wildman–Crippen MR) is 82.5 cm³/mol. The number of methoxy groups -OCH3 is 1. The summed E-state index contributed by atoms with van der Waals surface area (Å²) in [6, 6.07) is -3.53. The van der Waals surface area contributed by atoms with Gasteiger partial charge in [0.2, 0.25) is 1.43 Å². The number of nitrogens with zero attached hydrogens (tertiary/aromatic N) is 1. The van der Waals surface area contributed by atoms with Crippen LogP contribution >= 0.6 is 0 Å². The Balaban J connectivity index is 1.98. The molecule has 0 aromatic heterocycles. The first kappa shape index (κ1) is 5.25. The Morgan fingerprint density at radius 1 is 1.64 bits per heavy atom. The highest BCUT2D eigenvalue weighted by molar-refractivity contribution is 5.62. The fourth-order valence-electron chi connectivity index (χ4n) is 3.96. The van der Waals surface area contributed by atoms with Gasteiger partial charge in [-0.3, -0.25) is 0 Å². The molecule has 1 saturated heterocycles. The molecule has 4 heteroatoms. The molecule has 1 spiro atoms.